The molecule has 4 aromatic carbocycles. The quantitative estimate of drug-likeness (QED) is 0.0811. The Balaban J connectivity index is 1.48. The number of ether oxygens (including phenoxy) is 3. The minimum absolute atomic E-state index is 0.102. The van der Waals surface area contributed by atoms with Crippen LogP contribution in [0.4, 0.5) is 4.79 Å². The molecule has 3 aromatic heterocycles. The maximum absolute atomic E-state index is 14.4. The Morgan fingerprint density at radius 3 is 1.47 bits per heavy atom. The van der Waals surface area contributed by atoms with Crippen LogP contribution in [0.25, 0.3) is 0 Å². The third-order valence-electron chi connectivity index (χ3n) is 9.83. The summed E-state index contributed by atoms with van der Waals surface area (Å²) in [5.74, 6) is -3.13. The van der Waals surface area contributed by atoms with Crippen molar-refractivity contribution < 1.29 is 42.2 Å². The second-order valence-corrected chi connectivity index (χ2v) is 14.1. The standard InChI is InChI=1S/C48H40N2O12/c1-31-13-11-12-20-35(31)46(54)49-36(40-41(37(51)21-24-57-40)60-28-32-14-5-2-6-15-32)27-48(50-47(55)56,44-42(38(52)22-25-58-44)61-29-33-16-7-3-8-17-33)45-43(39(53)23-26-59-45)62-30-34-18-9-4-10-19-34/h2-26,36,50H,27-30H2,1H3,(H,49,54)(H,55,56). The Bertz CT molecular complexity index is 2720. The Morgan fingerprint density at radius 2 is 1.00 bits per heavy atom. The molecule has 0 aliphatic carbocycles. The largest absolute Gasteiger partial charge is 0.482 e. The van der Waals surface area contributed by atoms with Gasteiger partial charge in [0.05, 0.1) is 24.8 Å². The lowest BCUT2D eigenvalue weighted by Gasteiger charge is -2.36. The zero-order valence-electron chi connectivity index (χ0n) is 33.3. The smallest absolute Gasteiger partial charge is 0.405 e. The molecule has 1 atom stereocenters. The lowest BCUT2D eigenvalue weighted by Crippen LogP contribution is -2.50. The lowest BCUT2D eigenvalue weighted by atomic mass is 9.82. The van der Waals surface area contributed by atoms with E-state index in [1.165, 1.54) is 0 Å². The maximum atomic E-state index is 14.4. The van der Waals surface area contributed by atoms with Gasteiger partial charge < -0.3 is 43.2 Å². The molecule has 314 valence electrons. The molecule has 7 rings (SSSR count). The number of benzene rings is 4. The Kier molecular flexibility index (Phi) is 13.1. The zero-order chi connectivity index (χ0) is 43.5. The number of aryl methyl sites for hydroxylation is 1. The van der Waals surface area contributed by atoms with Gasteiger partial charge in [0.1, 0.15) is 19.8 Å². The average molecular weight is 837 g/mol. The number of amides is 2. The molecule has 7 aromatic rings. The molecule has 0 saturated carbocycles. The van der Waals surface area contributed by atoms with Crippen LogP contribution in [0.5, 0.6) is 17.2 Å². The summed E-state index contributed by atoms with van der Waals surface area (Å²) in [4.78, 5) is 69.2. The van der Waals surface area contributed by atoms with E-state index >= 15 is 0 Å². The van der Waals surface area contributed by atoms with Crippen LogP contribution in [-0.2, 0) is 25.4 Å². The third-order valence-corrected chi connectivity index (χ3v) is 9.83. The first-order chi connectivity index (χ1) is 30.1. The molecule has 0 spiro atoms. The first kappa shape index (κ1) is 42.0. The fraction of sp³-hybridized carbons (Fsp3) is 0.146. The van der Waals surface area contributed by atoms with Gasteiger partial charge in [0.25, 0.3) is 5.91 Å². The van der Waals surface area contributed by atoms with Gasteiger partial charge in [0.15, 0.2) is 22.8 Å². The average Bonchev–Trinajstić information content (AvgIpc) is 3.28. The van der Waals surface area contributed by atoms with Gasteiger partial charge in [-0.2, -0.15) is 0 Å². The predicted octanol–water partition coefficient (Wildman–Crippen LogP) is 7.66. The summed E-state index contributed by atoms with van der Waals surface area (Å²) >= 11 is 0. The molecule has 0 fully saturated rings. The number of rotatable bonds is 17. The Labute approximate surface area is 354 Å². The zero-order valence-corrected chi connectivity index (χ0v) is 33.3. The molecule has 0 aliphatic rings. The van der Waals surface area contributed by atoms with Crippen molar-refractivity contribution in [3.63, 3.8) is 0 Å². The number of nitrogens with one attached hydrogen (secondary N) is 2. The van der Waals surface area contributed by atoms with Crippen LogP contribution < -0.4 is 41.1 Å². The summed E-state index contributed by atoms with van der Waals surface area (Å²) < 4.78 is 36.7. The van der Waals surface area contributed by atoms with Gasteiger partial charge in [-0.1, -0.05) is 109 Å². The van der Waals surface area contributed by atoms with Crippen LogP contribution in [0.3, 0.4) is 0 Å². The van der Waals surface area contributed by atoms with Gasteiger partial charge in [-0.05, 0) is 35.2 Å². The topological polar surface area (TPSA) is 197 Å². The monoisotopic (exact) mass is 836 g/mol. The summed E-state index contributed by atoms with van der Waals surface area (Å²) in [5, 5.41) is 16.1. The molecular formula is C48H40N2O12. The minimum Gasteiger partial charge on any atom is -0.482 e. The Hall–Kier alpha value is -8.13. The van der Waals surface area contributed by atoms with Crippen molar-refractivity contribution in [2.24, 2.45) is 0 Å². The molecule has 0 aliphatic heterocycles. The van der Waals surface area contributed by atoms with Gasteiger partial charge in [-0.3, -0.25) is 19.2 Å². The normalized spacial score (nSPS) is 11.6. The van der Waals surface area contributed by atoms with E-state index < -0.39 is 69.3 Å². The van der Waals surface area contributed by atoms with E-state index in [4.69, 9.17) is 27.5 Å². The second-order valence-electron chi connectivity index (χ2n) is 14.1. The molecule has 3 N–H and O–H groups in total. The van der Waals surface area contributed by atoms with E-state index in [2.05, 4.69) is 10.6 Å². The van der Waals surface area contributed by atoms with Crippen LogP contribution >= 0.6 is 0 Å². The van der Waals surface area contributed by atoms with Gasteiger partial charge in [0, 0.05) is 30.2 Å². The van der Waals surface area contributed by atoms with Gasteiger partial charge in [-0.15, -0.1) is 0 Å². The summed E-state index contributed by atoms with van der Waals surface area (Å²) in [6, 6.07) is 35.1. The van der Waals surface area contributed by atoms with Crippen molar-refractivity contribution in [2.75, 3.05) is 0 Å². The molecule has 3 heterocycles. The SMILES string of the molecule is Cc1ccccc1C(=O)NC(CC(NC(=O)O)(c1occc(=O)c1OCc1ccccc1)c1occc(=O)c1OCc1ccccc1)c1occc(=O)c1OCc1ccccc1. The summed E-state index contributed by atoms with van der Waals surface area (Å²) in [6.07, 6.45) is 0.740. The maximum Gasteiger partial charge on any atom is 0.405 e. The fourth-order valence-corrected chi connectivity index (χ4v) is 6.88. The predicted molar refractivity (Wildman–Crippen MR) is 225 cm³/mol. The molecule has 1 unspecified atom stereocenters. The van der Waals surface area contributed by atoms with Crippen molar-refractivity contribution in [3.05, 3.63) is 228 Å². The van der Waals surface area contributed by atoms with Crippen molar-refractivity contribution in [2.45, 2.75) is 44.7 Å². The number of carbonyl (C=O) groups excluding carboxylic acids is 1. The summed E-state index contributed by atoms with van der Waals surface area (Å²) in [7, 11) is 0. The van der Waals surface area contributed by atoms with E-state index in [0.29, 0.717) is 22.3 Å². The van der Waals surface area contributed by atoms with Crippen LogP contribution in [0.1, 0.15) is 62.4 Å². The summed E-state index contributed by atoms with van der Waals surface area (Å²) in [5.41, 5.74) is -1.80. The highest BCUT2D eigenvalue weighted by atomic mass is 16.5. The highest BCUT2D eigenvalue weighted by Gasteiger charge is 2.50. The highest BCUT2D eigenvalue weighted by molar-refractivity contribution is 5.95. The first-order valence-electron chi connectivity index (χ1n) is 19.4. The van der Waals surface area contributed by atoms with Crippen LogP contribution in [0.2, 0.25) is 0 Å². The van der Waals surface area contributed by atoms with Crippen molar-refractivity contribution >= 4 is 12.0 Å². The van der Waals surface area contributed by atoms with Gasteiger partial charge in [-0.25, -0.2) is 4.79 Å². The fourth-order valence-electron chi connectivity index (χ4n) is 6.88. The lowest BCUT2D eigenvalue weighted by molar-refractivity contribution is 0.0908. The number of hydrogen-bond donors (Lipinski definition) is 3. The third kappa shape index (κ3) is 9.66. The van der Waals surface area contributed by atoms with Gasteiger partial charge >= 0.3 is 6.09 Å². The van der Waals surface area contributed by atoms with E-state index in [1.807, 2.05) is 6.07 Å². The van der Waals surface area contributed by atoms with E-state index in [0.717, 1.165) is 37.0 Å². The van der Waals surface area contributed by atoms with Crippen molar-refractivity contribution in [1.29, 1.82) is 0 Å². The first-order valence-corrected chi connectivity index (χ1v) is 19.4. The van der Waals surface area contributed by atoms with Gasteiger partial charge in [0.2, 0.25) is 33.5 Å². The van der Waals surface area contributed by atoms with Crippen molar-refractivity contribution in [3.8, 4) is 17.2 Å². The minimum atomic E-state index is -2.50. The highest BCUT2D eigenvalue weighted by Crippen LogP contribution is 2.45. The molecular weight excluding hydrogens is 797 g/mol. The van der Waals surface area contributed by atoms with Crippen LogP contribution in [0.15, 0.2) is 180 Å². The molecule has 0 saturated heterocycles. The van der Waals surface area contributed by atoms with Crippen LogP contribution in [-0.4, -0.2) is 17.1 Å². The van der Waals surface area contributed by atoms with E-state index in [1.54, 1.807) is 116 Å². The number of carboxylic acid groups (broad SMARTS) is 1. The second kappa shape index (κ2) is 19.3. The number of hydrogen-bond acceptors (Lipinski definition) is 11. The van der Waals surface area contributed by atoms with E-state index in [-0.39, 0.29) is 36.9 Å². The molecule has 0 bridgehead atoms. The molecule has 14 heteroatoms. The summed E-state index contributed by atoms with van der Waals surface area (Å²) in [6.45, 7) is 1.26. The van der Waals surface area contributed by atoms with Crippen molar-refractivity contribution in [1.82, 2.24) is 10.6 Å². The molecule has 0 radical (unpaired) electrons. The number of carbonyl (C=O) groups is 2. The van der Waals surface area contributed by atoms with E-state index in [9.17, 15) is 29.1 Å². The molecule has 62 heavy (non-hydrogen) atoms. The molecule has 2 amide bonds. The van der Waals surface area contributed by atoms with Crippen LogP contribution in [0, 0.1) is 6.92 Å². The Morgan fingerprint density at radius 1 is 0.581 bits per heavy atom. The molecule has 14 nitrogen and oxygen atoms in total.